The standard InChI is InChI=1S/C22H32FNO6/c1-13(24-21(26)30-22(3,4)5)20(25)29-14(2)19(28-12-15-7-8-15)17-10-9-16(23)11-18(17)27-6/h9-11,13-15,19H,7-8,12H2,1-6H3,(H,24,26)/t13-,14-,19-/m0/s1. The Kier molecular flexibility index (Phi) is 8.06. The molecule has 1 aromatic carbocycles. The zero-order chi connectivity index (χ0) is 22.5. The van der Waals surface area contributed by atoms with Crippen LogP contribution in [0.25, 0.3) is 0 Å². The van der Waals surface area contributed by atoms with Gasteiger partial charge >= 0.3 is 12.1 Å². The number of methoxy groups -OCH3 is 1. The van der Waals surface area contributed by atoms with Crippen molar-refractivity contribution in [2.75, 3.05) is 13.7 Å². The number of carbonyl (C=O) groups excluding carboxylic acids is 2. The van der Waals surface area contributed by atoms with Gasteiger partial charge < -0.3 is 24.3 Å². The van der Waals surface area contributed by atoms with Crippen molar-refractivity contribution in [1.82, 2.24) is 5.32 Å². The van der Waals surface area contributed by atoms with Crippen molar-refractivity contribution in [3.63, 3.8) is 0 Å². The number of nitrogens with one attached hydrogen (secondary N) is 1. The predicted molar refractivity (Wildman–Crippen MR) is 109 cm³/mol. The van der Waals surface area contributed by atoms with Gasteiger partial charge in [-0.05, 0) is 65.5 Å². The summed E-state index contributed by atoms with van der Waals surface area (Å²) in [5.41, 5.74) is -0.0883. The van der Waals surface area contributed by atoms with Gasteiger partial charge in [0.2, 0.25) is 0 Å². The minimum absolute atomic E-state index is 0.318. The fourth-order valence-corrected chi connectivity index (χ4v) is 2.81. The van der Waals surface area contributed by atoms with E-state index in [0.29, 0.717) is 23.8 Å². The van der Waals surface area contributed by atoms with E-state index in [-0.39, 0.29) is 0 Å². The number of ether oxygens (including phenoxy) is 4. The van der Waals surface area contributed by atoms with Crippen molar-refractivity contribution in [2.24, 2.45) is 5.92 Å². The first-order chi connectivity index (χ1) is 14.0. The minimum atomic E-state index is -0.915. The van der Waals surface area contributed by atoms with Crippen molar-refractivity contribution >= 4 is 12.1 Å². The maximum absolute atomic E-state index is 13.6. The molecule has 0 aliphatic heterocycles. The fourth-order valence-electron chi connectivity index (χ4n) is 2.81. The third kappa shape index (κ3) is 7.48. The lowest BCUT2D eigenvalue weighted by molar-refractivity contribution is -0.159. The summed E-state index contributed by atoms with van der Waals surface area (Å²) in [6, 6.07) is 3.23. The van der Waals surface area contributed by atoms with E-state index >= 15 is 0 Å². The summed E-state index contributed by atoms with van der Waals surface area (Å²) in [6.07, 6.45) is 0.148. The highest BCUT2D eigenvalue weighted by Crippen LogP contribution is 2.36. The zero-order valence-electron chi connectivity index (χ0n) is 18.5. The van der Waals surface area contributed by atoms with Crippen LogP contribution < -0.4 is 10.1 Å². The summed E-state index contributed by atoms with van der Waals surface area (Å²) < 4.78 is 35.7. The van der Waals surface area contributed by atoms with Gasteiger partial charge in [0.15, 0.2) is 0 Å². The van der Waals surface area contributed by atoms with Crippen LogP contribution in [0.4, 0.5) is 9.18 Å². The molecule has 0 heterocycles. The number of hydrogen-bond donors (Lipinski definition) is 1. The maximum Gasteiger partial charge on any atom is 0.408 e. The Hall–Kier alpha value is -2.35. The molecule has 0 bridgehead atoms. The lowest BCUT2D eigenvalue weighted by Gasteiger charge is -2.27. The van der Waals surface area contributed by atoms with Crippen molar-refractivity contribution in [2.45, 2.75) is 71.3 Å². The second-order valence-corrected chi connectivity index (χ2v) is 8.59. The third-order valence-electron chi connectivity index (χ3n) is 4.53. The van der Waals surface area contributed by atoms with E-state index in [1.54, 1.807) is 33.8 Å². The molecule has 1 aliphatic carbocycles. The summed E-state index contributed by atoms with van der Waals surface area (Å²) in [5.74, 6) is -0.265. The smallest absolute Gasteiger partial charge is 0.408 e. The first-order valence-corrected chi connectivity index (χ1v) is 10.1. The number of halogens is 1. The van der Waals surface area contributed by atoms with Crippen molar-refractivity contribution in [3.8, 4) is 5.75 Å². The fraction of sp³-hybridized carbons (Fsp3) is 0.636. The first kappa shape index (κ1) is 23.9. The summed E-state index contributed by atoms with van der Waals surface area (Å²) in [6.45, 7) is 8.91. The van der Waals surface area contributed by atoms with Crippen LogP contribution in [0.15, 0.2) is 18.2 Å². The van der Waals surface area contributed by atoms with Gasteiger partial charge in [-0.15, -0.1) is 0 Å². The molecule has 0 aromatic heterocycles. The Bertz CT molecular complexity index is 744. The number of hydrogen-bond acceptors (Lipinski definition) is 6. The van der Waals surface area contributed by atoms with Crippen LogP contribution in [0.1, 0.15) is 59.1 Å². The Morgan fingerprint density at radius 3 is 2.47 bits per heavy atom. The van der Waals surface area contributed by atoms with Gasteiger partial charge in [0.1, 0.15) is 35.4 Å². The van der Waals surface area contributed by atoms with Gasteiger partial charge in [0.05, 0.1) is 13.7 Å². The van der Waals surface area contributed by atoms with E-state index in [4.69, 9.17) is 18.9 Å². The molecule has 0 radical (unpaired) electrons. The van der Waals surface area contributed by atoms with Crippen molar-refractivity contribution in [1.29, 1.82) is 0 Å². The van der Waals surface area contributed by atoms with Gasteiger partial charge in [-0.1, -0.05) is 0 Å². The normalized spacial score (nSPS) is 16.9. The quantitative estimate of drug-likeness (QED) is 0.599. The number of esters is 1. The minimum Gasteiger partial charge on any atom is -0.496 e. The second-order valence-electron chi connectivity index (χ2n) is 8.59. The van der Waals surface area contributed by atoms with Crippen molar-refractivity contribution < 1.29 is 32.9 Å². The molecule has 1 N–H and O–H groups in total. The lowest BCUT2D eigenvalue weighted by Crippen LogP contribution is -2.43. The number of amides is 1. The van der Waals surface area contributed by atoms with Gasteiger partial charge in [0.25, 0.3) is 0 Å². The Morgan fingerprint density at radius 1 is 1.23 bits per heavy atom. The van der Waals surface area contributed by atoms with E-state index < -0.39 is 41.7 Å². The second kappa shape index (κ2) is 10.1. The molecule has 0 unspecified atom stereocenters. The topological polar surface area (TPSA) is 83.1 Å². The number of benzene rings is 1. The van der Waals surface area contributed by atoms with Gasteiger partial charge in [-0.2, -0.15) is 0 Å². The number of carbonyl (C=O) groups is 2. The molecule has 30 heavy (non-hydrogen) atoms. The van der Waals surface area contributed by atoms with Crippen LogP contribution in [0.2, 0.25) is 0 Å². The van der Waals surface area contributed by atoms with Crippen molar-refractivity contribution in [3.05, 3.63) is 29.6 Å². The highest BCUT2D eigenvalue weighted by Gasteiger charge is 2.32. The molecule has 3 atom stereocenters. The summed E-state index contributed by atoms with van der Waals surface area (Å²) in [4.78, 5) is 24.4. The molecule has 1 saturated carbocycles. The molecule has 8 heteroatoms. The third-order valence-corrected chi connectivity index (χ3v) is 4.53. The summed E-state index contributed by atoms with van der Waals surface area (Å²) in [5, 5.41) is 2.46. The molecule has 0 saturated heterocycles. The molecule has 1 amide bonds. The Morgan fingerprint density at radius 2 is 1.90 bits per heavy atom. The van der Waals surface area contributed by atoms with Gasteiger partial charge in [0, 0.05) is 11.6 Å². The monoisotopic (exact) mass is 425 g/mol. The van der Waals surface area contributed by atoms with Gasteiger partial charge in [-0.3, -0.25) is 0 Å². The Labute approximate surface area is 177 Å². The SMILES string of the molecule is COc1cc(F)ccc1[C@@H](OCC1CC1)[C@H](C)OC(=O)[C@H](C)NC(=O)OC(C)(C)C. The maximum atomic E-state index is 13.6. The van der Waals surface area contributed by atoms with Crippen LogP contribution >= 0.6 is 0 Å². The number of alkyl carbamates (subject to hydrolysis) is 1. The molecule has 1 fully saturated rings. The van der Waals surface area contributed by atoms with Crippen LogP contribution in [0.3, 0.4) is 0 Å². The molecular formula is C22H32FNO6. The van der Waals surface area contributed by atoms with Crippen LogP contribution in [-0.4, -0.2) is 43.5 Å². The van der Waals surface area contributed by atoms with E-state index in [1.165, 1.54) is 26.2 Å². The van der Waals surface area contributed by atoms with Crippen LogP contribution in [0.5, 0.6) is 5.75 Å². The predicted octanol–water partition coefficient (Wildman–Crippen LogP) is 4.15. The summed E-state index contributed by atoms with van der Waals surface area (Å²) >= 11 is 0. The van der Waals surface area contributed by atoms with E-state index in [0.717, 1.165) is 12.8 Å². The highest BCUT2D eigenvalue weighted by atomic mass is 19.1. The van der Waals surface area contributed by atoms with E-state index in [2.05, 4.69) is 5.32 Å². The summed E-state index contributed by atoms with van der Waals surface area (Å²) in [7, 11) is 1.44. The zero-order valence-corrected chi connectivity index (χ0v) is 18.5. The van der Waals surface area contributed by atoms with Crippen LogP contribution in [-0.2, 0) is 19.0 Å². The Balaban J connectivity index is 2.07. The van der Waals surface area contributed by atoms with Gasteiger partial charge in [-0.25, -0.2) is 14.0 Å². The van der Waals surface area contributed by atoms with E-state index in [1.807, 2.05) is 0 Å². The first-order valence-electron chi connectivity index (χ1n) is 10.1. The molecular weight excluding hydrogens is 393 g/mol. The van der Waals surface area contributed by atoms with Crippen LogP contribution in [0, 0.1) is 11.7 Å². The lowest BCUT2D eigenvalue weighted by atomic mass is 10.0. The molecule has 168 valence electrons. The molecule has 1 aromatic rings. The molecule has 1 aliphatic rings. The largest absolute Gasteiger partial charge is 0.496 e. The molecule has 2 rings (SSSR count). The number of rotatable bonds is 9. The molecule has 7 nitrogen and oxygen atoms in total. The van der Waals surface area contributed by atoms with E-state index in [9.17, 15) is 14.0 Å². The molecule has 0 spiro atoms. The highest BCUT2D eigenvalue weighted by molar-refractivity contribution is 5.81. The average Bonchev–Trinajstić information content (AvgIpc) is 3.45. The average molecular weight is 425 g/mol.